The van der Waals surface area contributed by atoms with Crippen molar-refractivity contribution in [2.75, 3.05) is 20.8 Å². The number of nitrogens with zero attached hydrogens (tertiary/aromatic N) is 2. The summed E-state index contributed by atoms with van der Waals surface area (Å²) in [6.07, 6.45) is 3.62. The Hall–Kier alpha value is -2.89. The van der Waals surface area contributed by atoms with E-state index in [9.17, 15) is 9.59 Å². The lowest BCUT2D eigenvalue weighted by Crippen LogP contribution is -2.37. The first-order chi connectivity index (χ1) is 12.5. The van der Waals surface area contributed by atoms with Gasteiger partial charge in [0.1, 0.15) is 5.75 Å². The largest absolute Gasteiger partial charge is 0.497 e. The maximum absolute atomic E-state index is 12.8. The van der Waals surface area contributed by atoms with Crippen LogP contribution >= 0.6 is 0 Å². The summed E-state index contributed by atoms with van der Waals surface area (Å²) in [7, 11) is 2.95. The Bertz CT molecular complexity index is 716. The molecule has 0 aliphatic heterocycles. The van der Waals surface area contributed by atoms with Crippen molar-refractivity contribution < 1.29 is 19.1 Å². The summed E-state index contributed by atoms with van der Waals surface area (Å²) in [5.41, 5.74) is 1.85. The highest BCUT2D eigenvalue weighted by molar-refractivity contribution is 5.80. The highest BCUT2D eigenvalue weighted by Gasteiger charge is 2.22. The maximum atomic E-state index is 12.8. The van der Waals surface area contributed by atoms with Crippen molar-refractivity contribution in [2.24, 2.45) is 5.92 Å². The van der Waals surface area contributed by atoms with Crippen molar-refractivity contribution in [2.45, 2.75) is 19.9 Å². The van der Waals surface area contributed by atoms with Crippen LogP contribution in [0.4, 0.5) is 0 Å². The van der Waals surface area contributed by atoms with Crippen LogP contribution in [0.25, 0.3) is 0 Å². The molecule has 1 atom stereocenters. The van der Waals surface area contributed by atoms with Crippen molar-refractivity contribution >= 4 is 11.9 Å². The van der Waals surface area contributed by atoms with Crippen molar-refractivity contribution in [1.82, 2.24) is 9.88 Å². The fourth-order valence-corrected chi connectivity index (χ4v) is 2.60. The molecule has 0 spiro atoms. The summed E-state index contributed by atoms with van der Waals surface area (Å²) < 4.78 is 9.93. The average Bonchev–Trinajstić information content (AvgIpc) is 2.68. The molecule has 0 fully saturated rings. The molecule has 0 saturated carbocycles. The Morgan fingerprint density at radius 1 is 1.04 bits per heavy atom. The third-order valence-electron chi connectivity index (χ3n) is 4.09. The zero-order chi connectivity index (χ0) is 18.9. The van der Waals surface area contributed by atoms with Crippen LogP contribution in [0.5, 0.6) is 5.75 Å². The molecule has 6 heteroatoms. The van der Waals surface area contributed by atoms with E-state index in [1.165, 1.54) is 7.11 Å². The molecule has 0 radical (unpaired) electrons. The summed E-state index contributed by atoms with van der Waals surface area (Å²) in [5, 5.41) is 0. The fourth-order valence-electron chi connectivity index (χ4n) is 2.60. The average molecular weight is 356 g/mol. The van der Waals surface area contributed by atoms with Gasteiger partial charge in [0.25, 0.3) is 0 Å². The molecule has 6 nitrogen and oxygen atoms in total. The Kier molecular flexibility index (Phi) is 7.14. The van der Waals surface area contributed by atoms with Gasteiger partial charge in [-0.1, -0.05) is 19.1 Å². The molecular weight excluding hydrogens is 332 g/mol. The molecule has 2 rings (SSSR count). The Labute approximate surface area is 153 Å². The maximum Gasteiger partial charge on any atom is 0.310 e. The van der Waals surface area contributed by atoms with E-state index in [0.29, 0.717) is 13.1 Å². The van der Waals surface area contributed by atoms with Crippen LogP contribution in [-0.2, 0) is 27.3 Å². The zero-order valence-electron chi connectivity index (χ0n) is 15.3. The summed E-state index contributed by atoms with van der Waals surface area (Å²) in [6, 6.07) is 11.1. The Morgan fingerprint density at radius 2 is 1.69 bits per heavy atom. The first-order valence-corrected chi connectivity index (χ1v) is 8.41. The molecule has 0 saturated heterocycles. The molecule has 2 aromatic rings. The molecule has 26 heavy (non-hydrogen) atoms. The zero-order valence-corrected chi connectivity index (χ0v) is 15.3. The van der Waals surface area contributed by atoms with Crippen LogP contribution < -0.4 is 4.74 Å². The molecule has 1 aromatic carbocycles. The quantitative estimate of drug-likeness (QED) is 0.680. The predicted molar refractivity (Wildman–Crippen MR) is 97.5 cm³/mol. The molecular formula is C20H24N2O4. The second-order valence-corrected chi connectivity index (χ2v) is 6.08. The van der Waals surface area contributed by atoms with Gasteiger partial charge in [0.05, 0.1) is 26.6 Å². The number of rotatable bonds is 8. The number of esters is 1. The molecule has 0 N–H and O–H groups in total. The minimum absolute atomic E-state index is 0.0530. The topological polar surface area (TPSA) is 68.7 Å². The van der Waals surface area contributed by atoms with Crippen LogP contribution in [0.3, 0.4) is 0 Å². The number of methoxy groups -OCH3 is 2. The second-order valence-electron chi connectivity index (χ2n) is 6.08. The van der Waals surface area contributed by atoms with E-state index in [2.05, 4.69) is 4.98 Å². The van der Waals surface area contributed by atoms with Gasteiger partial charge in [-0.05, 0) is 35.4 Å². The first kappa shape index (κ1) is 19.4. The minimum Gasteiger partial charge on any atom is -0.497 e. The number of pyridine rings is 1. The Morgan fingerprint density at radius 3 is 2.27 bits per heavy atom. The number of carbonyl (C=O) groups is 2. The van der Waals surface area contributed by atoms with E-state index in [4.69, 9.17) is 9.47 Å². The highest BCUT2D eigenvalue weighted by Crippen LogP contribution is 2.14. The summed E-state index contributed by atoms with van der Waals surface area (Å²) in [4.78, 5) is 30.3. The lowest BCUT2D eigenvalue weighted by atomic mass is 10.1. The van der Waals surface area contributed by atoms with E-state index in [1.54, 1.807) is 31.3 Å². The minimum atomic E-state index is -0.401. The number of benzene rings is 1. The number of amides is 1. The molecule has 1 amide bonds. The number of ether oxygens (including phenoxy) is 2. The van der Waals surface area contributed by atoms with E-state index in [1.807, 2.05) is 36.4 Å². The normalized spacial score (nSPS) is 11.5. The third kappa shape index (κ3) is 5.58. The van der Waals surface area contributed by atoms with Gasteiger partial charge in [0.15, 0.2) is 0 Å². The molecule has 138 valence electrons. The van der Waals surface area contributed by atoms with E-state index in [0.717, 1.165) is 16.9 Å². The van der Waals surface area contributed by atoms with Crippen LogP contribution in [0.2, 0.25) is 0 Å². The lowest BCUT2D eigenvalue weighted by molar-refractivity contribution is -0.146. The van der Waals surface area contributed by atoms with Gasteiger partial charge >= 0.3 is 5.97 Å². The first-order valence-electron chi connectivity index (χ1n) is 8.41. The fraction of sp³-hybridized carbons (Fsp3) is 0.350. The van der Waals surface area contributed by atoms with Crippen LogP contribution in [0.15, 0.2) is 48.8 Å². The van der Waals surface area contributed by atoms with Gasteiger partial charge in [0.2, 0.25) is 5.91 Å². The van der Waals surface area contributed by atoms with Crippen molar-refractivity contribution in [3.8, 4) is 5.75 Å². The van der Waals surface area contributed by atoms with Crippen LogP contribution in [-0.4, -0.2) is 42.5 Å². The van der Waals surface area contributed by atoms with Gasteiger partial charge in [-0.3, -0.25) is 14.6 Å². The number of aromatic nitrogens is 1. The van der Waals surface area contributed by atoms with Crippen molar-refractivity contribution in [1.29, 1.82) is 0 Å². The highest BCUT2D eigenvalue weighted by atomic mass is 16.5. The van der Waals surface area contributed by atoms with Crippen molar-refractivity contribution in [3.05, 3.63) is 59.9 Å². The van der Waals surface area contributed by atoms with Crippen molar-refractivity contribution in [3.63, 3.8) is 0 Å². The van der Waals surface area contributed by atoms with E-state index >= 15 is 0 Å². The molecule has 0 aliphatic carbocycles. The predicted octanol–water partition coefficient (Wildman–Crippen LogP) is 2.47. The summed E-state index contributed by atoms with van der Waals surface area (Å²) in [5.74, 6) is -0.0412. The number of hydrogen-bond donors (Lipinski definition) is 0. The van der Waals surface area contributed by atoms with Gasteiger partial charge in [-0.2, -0.15) is 0 Å². The number of hydrogen-bond acceptors (Lipinski definition) is 5. The smallest absolute Gasteiger partial charge is 0.310 e. The number of carbonyl (C=O) groups excluding carboxylic acids is 2. The van der Waals surface area contributed by atoms with Gasteiger partial charge in [-0.15, -0.1) is 0 Å². The lowest BCUT2D eigenvalue weighted by Gasteiger charge is -2.25. The van der Waals surface area contributed by atoms with Crippen LogP contribution in [0, 0.1) is 5.92 Å². The van der Waals surface area contributed by atoms with Gasteiger partial charge < -0.3 is 14.4 Å². The van der Waals surface area contributed by atoms with Crippen LogP contribution in [0.1, 0.15) is 18.1 Å². The molecule has 1 unspecified atom stereocenters. The standard InChI is InChI=1S/C20H24N2O4/c1-15(20(24)26-3)13-22(14-17-8-10-21-11-9-17)19(23)12-16-4-6-18(25-2)7-5-16/h4-11,15H,12-14H2,1-3H3. The van der Waals surface area contributed by atoms with Gasteiger partial charge in [0, 0.05) is 25.5 Å². The summed E-state index contributed by atoms with van der Waals surface area (Å²) >= 11 is 0. The van der Waals surface area contributed by atoms with E-state index < -0.39 is 5.92 Å². The SMILES string of the molecule is COC(=O)C(C)CN(Cc1ccncc1)C(=O)Cc1ccc(OC)cc1. The van der Waals surface area contributed by atoms with E-state index in [-0.39, 0.29) is 18.3 Å². The second kappa shape index (κ2) is 9.56. The summed E-state index contributed by atoms with van der Waals surface area (Å²) in [6.45, 7) is 2.47. The third-order valence-corrected chi connectivity index (χ3v) is 4.09. The molecule has 1 heterocycles. The molecule has 0 bridgehead atoms. The van der Waals surface area contributed by atoms with Gasteiger partial charge in [-0.25, -0.2) is 0 Å². The monoisotopic (exact) mass is 356 g/mol. The Balaban J connectivity index is 2.12. The molecule has 0 aliphatic rings. The molecule has 1 aromatic heterocycles.